The third kappa shape index (κ3) is 5.00. The zero-order chi connectivity index (χ0) is 14.5. The van der Waals surface area contributed by atoms with Gasteiger partial charge in [-0.1, -0.05) is 17.2 Å². The molecule has 0 saturated heterocycles. The highest BCUT2D eigenvalue weighted by atomic mass is 19.4. The highest BCUT2D eigenvalue weighted by Crippen LogP contribution is 2.23. The van der Waals surface area contributed by atoms with E-state index in [-0.39, 0.29) is 5.56 Å². The number of alkyl halides is 3. The maximum absolute atomic E-state index is 11.9. The van der Waals surface area contributed by atoms with E-state index in [4.69, 9.17) is 10.6 Å². The molecule has 0 heterocycles. The van der Waals surface area contributed by atoms with Crippen LogP contribution in [0.2, 0.25) is 0 Å². The van der Waals surface area contributed by atoms with Crippen LogP contribution in [-0.4, -0.2) is 17.4 Å². The molecule has 0 bridgehead atoms. The molecule has 0 spiro atoms. The molecule has 1 aromatic rings. The molecule has 0 amide bonds. The van der Waals surface area contributed by atoms with Crippen LogP contribution in [0.15, 0.2) is 35.1 Å². The van der Waals surface area contributed by atoms with Gasteiger partial charge in [0.05, 0.1) is 0 Å². The minimum atomic E-state index is -4.80. The summed E-state index contributed by atoms with van der Waals surface area (Å²) < 4.78 is 39.3. The lowest BCUT2D eigenvalue weighted by Crippen LogP contribution is -2.16. The largest absolute Gasteiger partial charge is 0.573 e. The number of hydrogen-bond acceptors (Lipinski definition) is 3. The Kier molecular flexibility index (Phi) is 4.38. The number of nitrogens with zero attached hydrogens (tertiary/aromatic N) is 3. The van der Waals surface area contributed by atoms with Crippen LogP contribution in [0.1, 0.15) is 5.56 Å². The number of halogens is 3. The summed E-state index contributed by atoms with van der Waals surface area (Å²) in [5.41, 5.74) is 7.82. The highest BCUT2D eigenvalue weighted by molar-refractivity contribution is 5.91. The first-order valence-corrected chi connectivity index (χ1v) is 4.68. The van der Waals surface area contributed by atoms with E-state index < -0.39 is 23.8 Å². The Morgan fingerprint density at radius 2 is 1.95 bits per heavy atom. The maximum atomic E-state index is 11.9. The summed E-state index contributed by atoms with van der Waals surface area (Å²) in [4.78, 5) is 13.0. The van der Waals surface area contributed by atoms with Gasteiger partial charge in [0, 0.05) is 4.91 Å². The minimum Gasteiger partial charge on any atom is -0.478 e. The molecule has 1 aromatic carbocycles. The van der Waals surface area contributed by atoms with Crippen molar-refractivity contribution in [1.29, 1.82) is 0 Å². The van der Waals surface area contributed by atoms with Gasteiger partial charge in [-0.25, -0.2) is 4.79 Å². The maximum Gasteiger partial charge on any atom is 0.573 e. The van der Waals surface area contributed by atoms with Gasteiger partial charge in [0.2, 0.25) is 0 Å². The van der Waals surface area contributed by atoms with Crippen LogP contribution in [0.5, 0.6) is 5.75 Å². The number of carboxylic acid groups (broad SMARTS) is 1. The molecule has 6 nitrogen and oxygen atoms in total. The van der Waals surface area contributed by atoms with Crippen molar-refractivity contribution in [2.24, 2.45) is 5.11 Å². The van der Waals surface area contributed by atoms with Crippen molar-refractivity contribution in [3.8, 4) is 5.75 Å². The zero-order valence-electron chi connectivity index (χ0n) is 9.13. The van der Waals surface area contributed by atoms with Gasteiger partial charge in [0.15, 0.2) is 0 Å². The van der Waals surface area contributed by atoms with E-state index in [2.05, 4.69) is 14.8 Å². The third-order valence-electron chi connectivity index (χ3n) is 1.79. The van der Waals surface area contributed by atoms with E-state index in [1.807, 2.05) is 0 Å². The molecule has 0 aliphatic carbocycles. The van der Waals surface area contributed by atoms with Gasteiger partial charge >= 0.3 is 12.3 Å². The summed E-state index contributed by atoms with van der Waals surface area (Å²) in [6.07, 6.45) is -3.78. The molecule has 0 aliphatic rings. The normalized spacial score (nSPS) is 11.6. The SMILES string of the molecule is [N-]=[N+]=NC(=Cc1ccc(OC(F)(F)F)cc1)C(=O)O. The van der Waals surface area contributed by atoms with Crippen molar-refractivity contribution in [3.05, 3.63) is 46.0 Å². The van der Waals surface area contributed by atoms with Crippen molar-refractivity contribution in [2.75, 3.05) is 0 Å². The zero-order valence-corrected chi connectivity index (χ0v) is 9.13. The lowest BCUT2D eigenvalue weighted by molar-refractivity contribution is -0.274. The first kappa shape index (κ1) is 14.4. The summed E-state index contributed by atoms with van der Waals surface area (Å²) in [6.45, 7) is 0. The van der Waals surface area contributed by atoms with Crippen LogP contribution < -0.4 is 4.74 Å². The van der Waals surface area contributed by atoms with Crippen LogP contribution in [0.4, 0.5) is 13.2 Å². The van der Waals surface area contributed by atoms with Gasteiger partial charge in [-0.05, 0) is 29.3 Å². The lowest BCUT2D eigenvalue weighted by atomic mass is 10.2. The predicted molar refractivity (Wildman–Crippen MR) is 57.9 cm³/mol. The molecule has 9 heteroatoms. The average molecular weight is 273 g/mol. The van der Waals surface area contributed by atoms with Gasteiger partial charge in [0.25, 0.3) is 0 Å². The standard InChI is InChI=1S/C10H6F3N3O3/c11-10(12,13)19-7-3-1-6(2-4-7)5-8(9(17)18)15-16-14/h1-5H,(H,17,18). The number of benzene rings is 1. The van der Waals surface area contributed by atoms with E-state index in [0.29, 0.717) is 0 Å². The summed E-state index contributed by atoms with van der Waals surface area (Å²) in [7, 11) is 0. The Hall–Kier alpha value is -2.67. The minimum absolute atomic E-state index is 0.249. The number of ether oxygens (including phenoxy) is 1. The molecule has 19 heavy (non-hydrogen) atoms. The van der Waals surface area contributed by atoms with Crippen LogP contribution in [0.3, 0.4) is 0 Å². The van der Waals surface area contributed by atoms with Gasteiger partial charge in [-0.15, -0.1) is 13.2 Å². The van der Waals surface area contributed by atoms with Crippen molar-refractivity contribution < 1.29 is 27.8 Å². The first-order chi connectivity index (χ1) is 8.81. The topological polar surface area (TPSA) is 95.3 Å². The molecule has 0 unspecified atom stereocenters. The van der Waals surface area contributed by atoms with Crippen LogP contribution in [0, 0.1) is 0 Å². The van der Waals surface area contributed by atoms with Crippen LogP contribution in [-0.2, 0) is 4.79 Å². The number of carbonyl (C=O) groups is 1. The smallest absolute Gasteiger partial charge is 0.478 e. The molecule has 0 atom stereocenters. The molecule has 0 saturated carbocycles. The second kappa shape index (κ2) is 5.78. The van der Waals surface area contributed by atoms with Gasteiger partial charge in [-0.2, -0.15) is 0 Å². The summed E-state index contributed by atoms with van der Waals surface area (Å²) in [6, 6.07) is 4.40. The Bertz CT molecular complexity index is 541. The molecule has 1 N–H and O–H groups in total. The van der Waals surface area contributed by atoms with E-state index in [1.165, 1.54) is 12.1 Å². The molecule has 0 aromatic heterocycles. The molecule has 100 valence electrons. The van der Waals surface area contributed by atoms with E-state index in [9.17, 15) is 18.0 Å². The van der Waals surface area contributed by atoms with E-state index >= 15 is 0 Å². The summed E-state index contributed by atoms with van der Waals surface area (Å²) in [5, 5.41) is 11.6. The Morgan fingerprint density at radius 3 is 2.37 bits per heavy atom. The fourth-order valence-corrected chi connectivity index (χ4v) is 1.11. The van der Waals surface area contributed by atoms with Crippen LogP contribution in [0.25, 0.3) is 16.5 Å². The Morgan fingerprint density at radius 1 is 1.37 bits per heavy atom. The van der Waals surface area contributed by atoms with Crippen molar-refractivity contribution in [3.63, 3.8) is 0 Å². The summed E-state index contributed by atoms with van der Waals surface area (Å²) in [5.74, 6) is -1.89. The fraction of sp³-hybridized carbons (Fsp3) is 0.100. The third-order valence-corrected chi connectivity index (χ3v) is 1.79. The number of carboxylic acids is 1. The fourth-order valence-electron chi connectivity index (χ4n) is 1.11. The Labute approximate surface area is 104 Å². The van der Waals surface area contributed by atoms with E-state index in [1.54, 1.807) is 0 Å². The molecule has 1 rings (SSSR count). The lowest BCUT2D eigenvalue weighted by Gasteiger charge is -2.08. The number of azide groups is 1. The van der Waals surface area contributed by atoms with Crippen molar-refractivity contribution in [1.82, 2.24) is 0 Å². The van der Waals surface area contributed by atoms with Gasteiger partial charge in [-0.3, -0.25) is 0 Å². The number of hydrogen-bond donors (Lipinski definition) is 1. The van der Waals surface area contributed by atoms with E-state index in [0.717, 1.165) is 18.2 Å². The highest BCUT2D eigenvalue weighted by Gasteiger charge is 2.30. The van der Waals surface area contributed by atoms with Crippen molar-refractivity contribution in [2.45, 2.75) is 6.36 Å². The second-order valence-electron chi connectivity index (χ2n) is 3.14. The molecular formula is C10H6F3N3O3. The van der Waals surface area contributed by atoms with Crippen LogP contribution >= 0.6 is 0 Å². The monoisotopic (exact) mass is 273 g/mol. The van der Waals surface area contributed by atoms with Gasteiger partial charge in [0.1, 0.15) is 11.4 Å². The quantitative estimate of drug-likeness (QED) is 0.394. The average Bonchev–Trinajstić information content (AvgIpc) is 2.29. The summed E-state index contributed by atoms with van der Waals surface area (Å²) >= 11 is 0. The van der Waals surface area contributed by atoms with Gasteiger partial charge < -0.3 is 9.84 Å². The molecular weight excluding hydrogens is 267 g/mol. The molecule has 0 fully saturated rings. The first-order valence-electron chi connectivity index (χ1n) is 4.68. The molecule has 0 aliphatic heterocycles. The predicted octanol–water partition coefficient (Wildman–Crippen LogP) is 3.32. The Balaban J connectivity index is 2.95. The molecule has 0 radical (unpaired) electrons. The number of aliphatic carboxylic acids is 1. The second-order valence-corrected chi connectivity index (χ2v) is 3.14. The number of rotatable bonds is 4. The van der Waals surface area contributed by atoms with Crippen molar-refractivity contribution >= 4 is 12.0 Å².